The van der Waals surface area contributed by atoms with Crippen molar-refractivity contribution in [3.05, 3.63) is 41.7 Å². The van der Waals surface area contributed by atoms with Gasteiger partial charge in [0.15, 0.2) is 5.82 Å². The number of hydrogen-bond donors (Lipinski definition) is 1. The van der Waals surface area contributed by atoms with Crippen molar-refractivity contribution in [2.75, 3.05) is 23.7 Å². The Hall–Kier alpha value is -4.14. The molecule has 1 aliphatic heterocycles. The zero-order valence-electron chi connectivity index (χ0n) is 19.2. The number of halogens is 3. The molecule has 0 spiro atoms. The summed E-state index contributed by atoms with van der Waals surface area (Å²) in [5, 5.41) is 13.7. The standard InChI is InChI=1S/C23H22F3N7O2/c1-4-22(3)21(35)31(7-8-32(22)13(2)34)17-9-14(5-6-15(17)11-27)18-10-16(23(24,25)26)19-20(28)29-12-30-33(18)19/h5-6,9-10,12H,4,7-8H2,1-3H3,(H2,28,29,30)/t22-/m1/s1. The maximum atomic E-state index is 13.7. The Kier molecular flexibility index (Phi) is 5.67. The van der Waals surface area contributed by atoms with Gasteiger partial charge in [-0.1, -0.05) is 13.0 Å². The van der Waals surface area contributed by atoms with Crippen LogP contribution < -0.4 is 10.6 Å². The molecule has 35 heavy (non-hydrogen) atoms. The second-order valence-electron chi connectivity index (χ2n) is 8.45. The summed E-state index contributed by atoms with van der Waals surface area (Å²) in [5.74, 6) is -0.951. The van der Waals surface area contributed by atoms with Crippen molar-refractivity contribution in [3.63, 3.8) is 0 Å². The van der Waals surface area contributed by atoms with Gasteiger partial charge in [0, 0.05) is 25.6 Å². The van der Waals surface area contributed by atoms with Gasteiger partial charge >= 0.3 is 6.18 Å². The molecule has 1 saturated heterocycles. The molecule has 1 aliphatic rings. The predicted molar refractivity (Wildman–Crippen MR) is 121 cm³/mol. The van der Waals surface area contributed by atoms with Crippen LogP contribution in [0.25, 0.3) is 16.8 Å². The fourth-order valence-corrected chi connectivity index (χ4v) is 4.53. The number of nitriles is 1. The molecule has 2 amide bonds. The van der Waals surface area contributed by atoms with E-state index in [1.165, 1.54) is 34.9 Å². The Morgan fingerprint density at radius 2 is 2.00 bits per heavy atom. The lowest BCUT2D eigenvalue weighted by atomic mass is 9.90. The van der Waals surface area contributed by atoms with E-state index in [2.05, 4.69) is 10.1 Å². The zero-order chi connectivity index (χ0) is 25.7. The van der Waals surface area contributed by atoms with E-state index < -0.39 is 17.3 Å². The number of fused-ring (bicyclic) bond motifs is 1. The molecule has 0 radical (unpaired) electrons. The quantitative estimate of drug-likeness (QED) is 0.608. The van der Waals surface area contributed by atoms with Gasteiger partial charge in [-0.3, -0.25) is 9.59 Å². The van der Waals surface area contributed by atoms with Crippen LogP contribution in [0.3, 0.4) is 0 Å². The molecule has 9 nitrogen and oxygen atoms in total. The van der Waals surface area contributed by atoms with Gasteiger partial charge in [0.1, 0.15) is 23.5 Å². The van der Waals surface area contributed by atoms with Gasteiger partial charge in [-0.05, 0) is 31.5 Å². The van der Waals surface area contributed by atoms with Crippen molar-refractivity contribution >= 4 is 28.8 Å². The fraction of sp³-hybridized carbons (Fsp3) is 0.348. The number of rotatable bonds is 3. The first-order valence-electron chi connectivity index (χ1n) is 10.8. The normalized spacial score (nSPS) is 18.7. The van der Waals surface area contributed by atoms with Gasteiger partial charge in [0.25, 0.3) is 5.91 Å². The van der Waals surface area contributed by atoms with Gasteiger partial charge in [-0.25, -0.2) is 9.50 Å². The molecular formula is C23H22F3N7O2. The van der Waals surface area contributed by atoms with Crippen molar-refractivity contribution < 1.29 is 22.8 Å². The van der Waals surface area contributed by atoms with E-state index in [1.807, 2.05) is 6.07 Å². The summed E-state index contributed by atoms with van der Waals surface area (Å²) in [7, 11) is 0. The van der Waals surface area contributed by atoms with Crippen LogP contribution in [0.2, 0.25) is 0 Å². The largest absolute Gasteiger partial charge is 0.418 e. The average Bonchev–Trinajstić information content (AvgIpc) is 3.22. The monoisotopic (exact) mass is 485 g/mol. The number of hydrogen-bond acceptors (Lipinski definition) is 6. The molecule has 1 atom stereocenters. The molecule has 182 valence electrons. The van der Waals surface area contributed by atoms with Crippen molar-refractivity contribution in [3.8, 4) is 17.3 Å². The average molecular weight is 485 g/mol. The number of carbonyl (C=O) groups is 2. The Morgan fingerprint density at radius 3 is 2.60 bits per heavy atom. The van der Waals surface area contributed by atoms with Crippen molar-refractivity contribution in [2.24, 2.45) is 0 Å². The lowest BCUT2D eigenvalue weighted by Crippen LogP contribution is -2.65. The molecule has 1 fully saturated rings. The number of benzene rings is 1. The van der Waals surface area contributed by atoms with E-state index in [9.17, 15) is 28.0 Å². The minimum atomic E-state index is -4.71. The van der Waals surface area contributed by atoms with E-state index in [0.29, 0.717) is 12.0 Å². The van der Waals surface area contributed by atoms with Crippen LogP contribution in [0.4, 0.5) is 24.7 Å². The van der Waals surface area contributed by atoms with Crippen molar-refractivity contribution in [1.82, 2.24) is 19.5 Å². The summed E-state index contributed by atoms with van der Waals surface area (Å²) in [6, 6.07) is 7.36. The third kappa shape index (κ3) is 3.73. The number of aromatic nitrogens is 3. The Morgan fingerprint density at radius 1 is 1.29 bits per heavy atom. The molecule has 2 N–H and O–H groups in total. The van der Waals surface area contributed by atoms with Crippen LogP contribution in [-0.2, 0) is 15.8 Å². The number of amides is 2. The number of alkyl halides is 3. The van der Waals surface area contributed by atoms with Gasteiger partial charge < -0.3 is 15.5 Å². The predicted octanol–water partition coefficient (Wildman–Crippen LogP) is 3.23. The SMILES string of the molecule is CC[C@]1(C)C(=O)N(c2cc(-c3cc(C(F)(F)F)c4c(N)ncnn34)ccc2C#N)CCN1C(C)=O. The van der Waals surface area contributed by atoms with E-state index in [-0.39, 0.29) is 53.2 Å². The van der Waals surface area contributed by atoms with E-state index in [4.69, 9.17) is 5.73 Å². The second-order valence-corrected chi connectivity index (χ2v) is 8.45. The molecular weight excluding hydrogens is 463 g/mol. The Balaban J connectivity index is 1.89. The van der Waals surface area contributed by atoms with Crippen LogP contribution in [0.5, 0.6) is 0 Å². The summed E-state index contributed by atoms with van der Waals surface area (Å²) in [4.78, 5) is 32.3. The fourth-order valence-electron chi connectivity index (χ4n) is 4.53. The van der Waals surface area contributed by atoms with Gasteiger partial charge in [-0.15, -0.1) is 0 Å². The lowest BCUT2D eigenvalue weighted by molar-refractivity contribution is -0.147. The third-order valence-electron chi connectivity index (χ3n) is 6.51. The first-order valence-corrected chi connectivity index (χ1v) is 10.8. The maximum Gasteiger partial charge on any atom is 0.418 e. The highest BCUT2D eigenvalue weighted by molar-refractivity contribution is 6.04. The number of carbonyl (C=O) groups excluding carboxylic acids is 2. The van der Waals surface area contributed by atoms with Crippen LogP contribution in [0.1, 0.15) is 38.3 Å². The van der Waals surface area contributed by atoms with Crippen LogP contribution in [-0.4, -0.2) is 49.9 Å². The molecule has 12 heteroatoms. The van der Waals surface area contributed by atoms with E-state index >= 15 is 0 Å². The number of anilines is 2. The highest BCUT2D eigenvalue weighted by Gasteiger charge is 2.46. The maximum absolute atomic E-state index is 13.7. The highest BCUT2D eigenvalue weighted by Crippen LogP contribution is 2.40. The summed E-state index contributed by atoms with van der Waals surface area (Å²) in [6.07, 6.45) is -3.31. The van der Waals surface area contributed by atoms with Gasteiger partial charge in [0.05, 0.1) is 22.5 Å². The van der Waals surface area contributed by atoms with E-state index in [1.54, 1.807) is 13.8 Å². The van der Waals surface area contributed by atoms with Gasteiger partial charge in [0.2, 0.25) is 5.91 Å². The summed E-state index contributed by atoms with van der Waals surface area (Å²) in [6.45, 7) is 5.21. The first-order chi connectivity index (χ1) is 16.4. The Labute approximate surface area is 198 Å². The smallest absolute Gasteiger partial charge is 0.382 e. The van der Waals surface area contributed by atoms with Crippen LogP contribution >= 0.6 is 0 Å². The van der Waals surface area contributed by atoms with Crippen LogP contribution in [0, 0.1) is 11.3 Å². The van der Waals surface area contributed by atoms with Gasteiger partial charge in [-0.2, -0.15) is 23.5 Å². The molecule has 2 aromatic heterocycles. The summed E-state index contributed by atoms with van der Waals surface area (Å²) < 4.78 is 42.3. The van der Waals surface area contributed by atoms with Crippen molar-refractivity contribution in [2.45, 2.75) is 38.9 Å². The number of nitrogens with two attached hydrogens (primary N) is 1. The van der Waals surface area contributed by atoms with Crippen molar-refractivity contribution in [1.29, 1.82) is 5.26 Å². The summed E-state index contributed by atoms with van der Waals surface area (Å²) in [5.41, 5.74) is 4.00. The molecule has 4 rings (SSSR count). The Bertz CT molecular complexity index is 1390. The van der Waals surface area contributed by atoms with Crippen LogP contribution in [0.15, 0.2) is 30.6 Å². The molecule has 0 aliphatic carbocycles. The zero-order valence-corrected chi connectivity index (χ0v) is 19.2. The highest BCUT2D eigenvalue weighted by atomic mass is 19.4. The molecule has 1 aromatic carbocycles. The third-order valence-corrected chi connectivity index (χ3v) is 6.51. The second kappa shape index (κ2) is 8.26. The minimum absolute atomic E-state index is 0.0697. The molecule has 3 aromatic rings. The first kappa shape index (κ1) is 24.0. The molecule has 0 saturated carbocycles. The molecule has 0 bridgehead atoms. The molecule has 0 unspecified atom stereocenters. The van der Waals surface area contributed by atoms with E-state index in [0.717, 1.165) is 16.9 Å². The number of nitrogen functional groups attached to an aromatic ring is 1. The number of nitrogens with zero attached hydrogens (tertiary/aromatic N) is 6. The summed E-state index contributed by atoms with van der Waals surface area (Å²) >= 11 is 0. The minimum Gasteiger partial charge on any atom is -0.382 e. The molecule has 3 heterocycles. The topological polar surface area (TPSA) is 121 Å². The number of piperazine rings is 1. The lowest BCUT2D eigenvalue weighted by Gasteiger charge is -2.47.